The summed E-state index contributed by atoms with van der Waals surface area (Å²) in [7, 11) is -3.00. The third kappa shape index (κ3) is 6.29. The molecule has 12 nitrogen and oxygen atoms in total. The highest BCUT2D eigenvalue weighted by atomic mass is 32.2. The minimum absolute atomic E-state index is 0.0508. The number of azo groups is 2. The highest BCUT2D eigenvalue weighted by Crippen LogP contribution is 2.41. The van der Waals surface area contributed by atoms with Crippen LogP contribution in [0.3, 0.4) is 0 Å². The van der Waals surface area contributed by atoms with Crippen molar-refractivity contribution in [3.05, 3.63) is 66.2 Å². The molecular weight excluding hydrogens is 526 g/mol. The predicted molar refractivity (Wildman–Crippen MR) is 145 cm³/mol. The van der Waals surface area contributed by atoms with Crippen molar-refractivity contribution >= 4 is 49.3 Å². The number of benzene rings is 4. The first-order valence-electron chi connectivity index (χ1n) is 11.5. The number of methoxy groups -OCH3 is 1. The number of fused-ring (bicyclic) bond motifs is 1. The van der Waals surface area contributed by atoms with E-state index in [0.717, 1.165) is 11.6 Å². The molecular formula is C26H25N5O7S. The lowest BCUT2D eigenvalue weighted by atomic mass is 10.1. The second-order valence-corrected chi connectivity index (χ2v) is 9.72. The Kier molecular flexibility index (Phi) is 8.04. The molecule has 13 heteroatoms. The fraction of sp³-hybridized carbons (Fsp3) is 0.154. The first-order valence-corrected chi connectivity index (χ1v) is 12.9. The van der Waals surface area contributed by atoms with Gasteiger partial charge in [0.15, 0.2) is 5.75 Å². The molecule has 4 aromatic rings. The largest absolute Gasteiger partial charge is 0.505 e. The maximum atomic E-state index is 11.5. The molecule has 5 N–H and O–H groups in total. The van der Waals surface area contributed by atoms with Gasteiger partial charge < -0.3 is 25.4 Å². The number of aromatic hydroxyl groups is 1. The number of aliphatic hydroxyl groups excluding tert-OH is 1. The monoisotopic (exact) mass is 551 g/mol. The maximum Gasteiger partial charge on any atom is 0.294 e. The molecule has 0 aliphatic rings. The van der Waals surface area contributed by atoms with Crippen LogP contribution in [0.5, 0.6) is 17.2 Å². The van der Waals surface area contributed by atoms with Crippen LogP contribution in [0.15, 0.2) is 86.0 Å². The van der Waals surface area contributed by atoms with Gasteiger partial charge in [0.1, 0.15) is 29.5 Å². The summed E-state index contributed by atoms with van der Waals surface area (Å²) in [6, 6.07) is 15.5. The SMILES string of the molecule is COc1cc(N=Nc2ccc(OCCO)cc2)c(C)cc1N=Nc1ccc2cc(S(=O)(=O)O)cc(N)c2c1O. The predicted octanol–water partition coefficient (Wildman–Crippen LogP) is 5.89. The number of hydrogen-bond donors (Lipinski definition) is 4. The van der Waals surface area contributed by atoms with Gasteiger partial charge >= 0.3 is 0 Å². The fourth-order valence-corrected chi connectivity index (χ4v) is 4.22. The smallest absolute Gasteiger partial charge is 0.294 e. The molecule has 0 saturated heterocycles. The zero-order chi connectivity index (χ0) is 28.2. The number of aryl methyl sites for hydroxylation is 1. The van der Waals surface area contributed by atoms with Crippen molar-refractivity contribution in [2.45, 2.75) is 11.8 Å². The number of nitrogens with two attached hydrogens (primary N) is 1. The molecule has 0 bridgehead atoms. The Balaban J connectivity index is 1.61. The van der Waals surface area contributed by atoms with Gasteiger partial charge in [-0.2, -0.15) is 18.6 Å². The fourth-order valence-electron chi connectivity index (χ4n) is 3.67. The third-order valence-electron chi connectivity index (χ3n) is 5.60. The lowest BCUT2D eigenvalue weighted by Gasteiger charge is -2.09. The number of rotatable bonds is 9. The first-order chi connectivity index (χ1) is 18.6. The van der Waals surface area contributed by atoms with E-state index in [9.17, 15) is 18.1 Å². The van der Waals surface area contributed by atoms with Crippen molar-refractivity contribution < 1.29 is 32.7 Å². The number of ether oxygens (including phenoxy) is 2. The first kappa shape index (κ1) is 27.4. The summed E-state index contributed by atoms with van der Waals surface area (Å²) in [6.45, 7) is 1.95. The van der Waals surface area contributed by atoms with Crippen LogP contribution >= 0.6 is 0 Å². The summed E-state index contributed by atoms with van der Waals surface area (Å²) in [6.07, 6.45) is 0. The molecule has 0 aliphatic carbocycles. The second-order valence-electron chi connectivity index (χ2n) is 8.30. The van der Waals surface area contributed by atoms with Crippen LogP contribution in [0.25, 0.3) is 10.8 Å². The summed E-state index contributed by atoms with van der Waals surface area (Å²) in [5.41, 5.74) is 8.23. The van der Waals surface area contributed by atoms with E-state index in [1.165, 1.54) is 25.3 Å². The average molecular weight is 552 g/mol. The Bertz CT molecular complexity index is 1690. The molecule has 0 unspecified atom stereocenters. The van der Waals surface area contributed by atoms with Crippen molar-refractivity contribution in [2.24, 2.45) is 20.5 Å². The number of phenols is 1. The van der Waals surface area contributed by atoms with Gasteiger partial charge in [0.2, 0.25) is 0 Å². The summed E-state index contributed by atoms with van der Waals surface area (Å²) >= 11 is 0. The number of nitrogen functional groups attached to an aromatic ring is 1. The van der Waals surface area contributed by atoms with E-state index in [-0.39, 0.29) is 40.6 Å². The van der Waals surface area contributed by atoms with Gasteiger partial charge in [0.25, 0.3) is 10.1 Å². The zero-order valence-electron chi connectivity index (χ0n) is 20.9. The molecule has 4 rings (SSSR count). The van der Waals surface area contributed by atoms with Crippen molar-refractivity contribution in [3.8, 4) is 17.2 Å². The summed E-state index contributed by atoms with van der Waals surface area (Å²) in [4.78, 5) is -0.386. The van der Waals surface area contributed by atoms with Crippen LogP contribution in [0.1, 0.15) is 5.56 Å². The molecule has 0 aliphatic heterocycles. The van der Waals surface area contributed by atoms with Crippen LogP contribution in [0, 0.1) is 6.92 Å². The number of aliphatic hydroxyl groups is 1. The van der Waals surface area contributed by atoms with Crippen LogP contribution in [0.4, 0.5) is 28.4 Å². The molecule has 0 spiro atoms. The van der Waals surface area contributed by atoms with E-state index in [2.05, 4.69) is 20.5 Å². The second kappa shape index (κ2) is 11.4. The molecule has 0 atom stereocenters. The van der Waals surface area contributed by atoms with Crippen LogP contribution in [-0.4, -0.2) is 43.5 Å². The Hall–Kier alpha value is -4.59. The van der Waals surface area contributed by atoms with Gasteiger partial charge in [0.05, 0.1) is 30.0 Å². The minimum atomic E-state index is -4.47. The van der Waals surface area contributed by atoms with Gasteiger partial charge in [0, 0.05) is 17.1 Å². The maximum absolute atomic E-state index is 11.5. The molecule has 0 fully saturated rings. The van der Waals surface area contributed by atoms with E-state index in [1.54, 1.807) is 36.4 Å². The van der Waals surface area contributed by atoms with E-state index in [0.29, 0.717) is 33.9 Å². The molecule has 0 radical (unpaired) electrons. The number of phenolic OH excluding ortho intramolecular Hbond substituents is 1. The third-order valence-corrected chi connectivity index (χ3v) is 6.44. The normalized spacial score (nSPS) is 12.0. The molecule has 202 valence electrons. The van der Waals surface area contributed by atoms with Crippen LogP contribution in [-0.2, 0) is 10.1 Å². The zero-order valence-corrected chi connectivity index (χ0v) is 21.8. The van der Waals surface area contributed by atoms with E-state index in [1.807, 2.05) is 6.92 Å². The van der Waals surface area contributed by atoms with Crippen LogP contribution in [0.2, 0.25) is 0 Å². The van der Waals surface area contributed by atoms with E-state index >= 15 is 0 Å². The molecule has 0 heterocycles. The van der Waals surface area contributed by atoms with Crippen molar-refractivity contribution in [2.75, 3.05) is 26.1 Å². The highest BCUT2D eigenvalue weighted by molar-refractivity contribution is 7.85. The van der Waals surface area contributed by atoms with Gasteiger partial charge in [-0.15, -0.1) is 10.2 Å². The minimum Gasteiger partial charge on any atom is -0.505 e. The number of hydrogen-bond acceptors (Lipinski definition) is 11. The summed E-state index contributed by atoms with van der Waals surface area (Å²) in [5.74, 6) is 0.673. The van der Waals surface area contributed by atoms with Gasteiger partial charge in [-0.25, -0.2) is 0 Å². The molecule has 0 aromatic heterocycles. The van der Waals surface area contributed by atoms with Gasteiger partial charge in [-0.1, -0.05) is 6.07 Å². The van der Waals surface area contributed by atoms with E-state index < -0.39 is 10.1 Å². The molecule has 0 amide bonds. The van der Waals surface area contributed by atoms with Crippen LogP contribution < -0.4 is 15.2 Å². The van der Waals surface area contributed by atoms with Crippen molar-refractivity contribution in [1.29, 1.82) is 0 Å². The highest BCUT2D eigenvalue weighted by Gasteiger charge is 2.16. The Morgan fingerprint density at radius 2 is 1.59 bits per heavy atom. The summed E-state index contributed by atoms with van der Waals surface area (Å²) < 4.78 is 43.0. The topological polar surface area (TPSA) is 189 Å². The number of anilines is 1. The quantitative estimate of drug-likeness (QED) is 0.112. The van der Waals surface area contributed by atoms with Gasteiger partial charge in [-0.05, 0) is 66.4 Å². The Morgan fingerprint density at radius 3 is 2.26 bits per heavy atom. The van der Waals surface area contributed by atoms with E-state index in [4.69, 9.17) is 20.3 Å². The van der Waals surface area contributed by atoms with Crippen molar-refractivity contribution in [1.82, 2.24) is 0 Å². The van der Waals surface area contributed by atoms with Crippen molar-refractivity contribution in [3.63, 3.8) is 0 Å². The molecule has 39 heavy (non-hydrogen) atoms. The molecule has 0 saturated carbocycles. The standard InChI is InChI=1S/C26H25N5O7S/c1-15-11-23(24(37-2)14-22(15)30-28-17-4-6-18(7-5-17)38-10-9-32)31-29-21-8-3-16-12-19(39(34,35)36)13-20(27)25(16)26(21)33/h3-8,11-14,32-33H,9-10,27H2,1-2H3,(H,34,35,36). The molecule has 4 aromatic carbocycles. The Morgan fingerprint density at radius 1 is 0.897 bits per heavy atom. The lowest BCUT2D eigenvalue weighted by molar-refractivity contribution is 0.201. The number of nitrogens with zero attached hydrogens (tertiary/aromatic N) is 4. The average Bonchev–Trinajstić information content (AvgIpc) is 2.90. The Labute approximate surface area is 223 Å². The lowest BCUT2D eigenvalue weighted by Crippen LogP contribution is -2.00. The van der Waals surface area contributed by atoms with Gasteiger partial charge in [-0.3, -0.25) is 4.55 Å². The summed E-state index contributed by atoms with van der Waals surface area (Å²) in [5, 5.41) is 36.9.